The van der Waals surface area contributed by atoms with Gasteiger partial charge in [0.1, 0.15) is 0 Å². The molecule has 0 saturated heterocycles. The molecule has 2 N–H and O–H groups in total. The first-order valence-corrected chi connectivity index (χ1v) is 8.20. The van der Waals surface area contributed by atoms with Crippen molar-refractivity contribution < 1.29 is 4.79 Å². The third-order valence-corrected chi connectivity index (χ3v) is 3.74. The van der Waals surface area contributed by atoms with Crippen LogP contribution in [0.15, 0.2) is 67.0 Å². The Morgan fingerprint density at radius 3 is 2.12 bits per heavy atom. The smallest absolute Gasteiger partial charge is 0.258 e. The number of anilines is 3. The second kappa shape index (κ2) is 6.81. The summed E-state index contributed by atoms with van der Waals surface area (Å²) in [6.07, 6.45) is 3.35. The Bertz CT molecular complexity index is 845. The van der Waals surface area contributed by atoms with Gasteiger partial charge in [-0.1, -0.05) is 18.2 Å². The van der Waals surface area contributed by atoms with Crippen molar-refractivity contribution >= 4 is 23.0 Å². The molecule has 0 bridgehead atoms. The highest BCUT2D eigenvalue weighted by molar-refractivity contribution is 6.04. The van der Waals surface area contributed by atoms with E-state index in [1.807, 2.05) is 75.4 Å². The Hall–Kier alpha value is -3.08. The van der Waals surface area contributed by atoms with E-state index in [0.29, 0.717) is 5.56 Å². The maximum atomic E-state index is 12.4. The molecule has 5 heteroatoms. The predicted octanol–water partition coefficient (Wildman–Crippen LogP) is 4.63. The van der Waals surface area contributed by atoms with Gasteiger partial charge in [0.2, 0.25) is 0 Å². The largest absolute Gasteiger partial charge is 0.356 e. The van der Waals surface area contributed by atoms with Gasteiger partial charge in [0.05, 0.1) is 17.3 Å². The van der Waals surface area contributed by atoms with Crippen LogP contribution in [0.4, 0.5) is 17.1 Å². The molecule has 128 valence electrons. The predicted molar refractivity (Wildman–Crippen MR) is 101 cm³/mol. The number of nitrogens with one attached hydrogen (secondary N) is 2. The molecule has 0 aliphatic carbocycles. The van der Waals surface area contributed by atoms with E-state index < -0.39 is 0 Å². The van der Waals surface area contributed by atoms with Crippen molar-refractivity contribution in [1.29, 1.82) is 0 Å². The maximum Gasteiger partial charge on any atom is 0.258 e. The topological polar surface area (TPSA) is 59.0 Å². The van der Waals surface area contributed by atoms with Crippen molar-refractivity contribution in [2.75, 3.05) is 10.6 Å². The average molecular weight is 334 g/mol. The van der Waals surface area contributed by atoms with Gasteiger partial charge >= 0.3 is 0 Å². The van der Waals surface area contributed by atoms with Crippen molar-refractivity contribution in [1.82, 2.24) is 9.78 Å². The van der Waals surface area contributed by atoms with E-state index in [2.05, 4.69) is 15.7 Å². The Kier molecular flexibility index (Phi) is 4.57. The van der Waals surface area contributed by atoms with Crippen LogP contribution in [0.3, 0.4) is 0 Å². The van der Waals surface area contributed by atoms with E-state index in [4.69, 9.17) is 0 Å². The molecule has 3 rings (SSSR count). The van der Waals surface area contributed by atoms with Crippen LogP contribution >= 0.6 is 0 Å². The quantitative estimate of drug-likeness (QED) is 0.731. The summed E-state index contributed by atoms with van der Waals surface area (Å²) < 4.78 is 1.79. The zero-order valence-corrected chi connectivity index (χ0v) is 14.7. The average Bonchev–Trinajstić information content (AvgIpc) is 3.08. The van der Waals surface area contributed by atoms with Gasteiger partial charge in [-0.15, -0.1) is 0 Å². The first kappa shape index (κ1) is 16.8. The molecule has 0 radical (unpaired) electrons. The lowest BCUT2D eigenvalue weighted by Gasteiger charge is -2.18. The van der Waals surface area contributed by atoms with Crippen LogP contribution in [0.5, 0.6) is 0 Å². The van der Waals surface area contributed by atoms with Gasteiger partial charge in [-0.2, -0.15) is 5.10 Å². The summed E-state index contributed by atoms with van der Waals surface area (Å²) in [7, 11) is 0. The molecule has 1 heterocycles. The number of para-hydroxylation sites is 1. The fraction of sp³-hybridized carbons (Fsp3) is 0.200. The normalized spacial score (nSPS) is 11.2. The first-order valence-electron chi connectivity index (χ1n) is 8.20. The number of nitrogens with zero attached hydrogens (tertiary/aromatic N) is 2. The van der Waals surface area contributed by atoms with Gasteiger partial charge < -0.3 is 10.6 Å². The van der Waals surface area contributed by atoms with Crippen LogP contribution in [0.2, 0.25) is 0 Å². The van der Waals surface area contributed by atoms with Crippen LogP contribution < -0.4 is 10.6 Å². The van der Waals surface area contributed by atoms with E-state index in [0.717, 1.165) is 17.1 Å². The van der Waals surface area contributed by atoms with E-state index >= 15 is 0 Å². The number of rotatable bonds is 4. The second-order valence-electron chi connectivity index (χ2n) is 6.87. The summed E-state index contributed by atoms with van der Waals surface area (Å²) in [5.74, 6) is -0.167. The Labute approximate surface area is 147 Å². The van der Waals surface area contributed by atoms with E-state index in [9.17, 15) is 4.79 Å². The molecule has 0 spiro atoms. The molecule has 0 saturated carbocycles. The van der Waals surface area contributed by atoms with Crippen molar-refractivity contribution in [3.8, 4) is 0 Å². The molecule has 0 aliphatic rings. The van der Waals surface area contributed by atoms with Gasteiger partial charge in [-0.05, 0) is 57.2 Å². The molecule has 5 nitrogen and oxygen atoms in total. The lowest BCUT2D eigenvalue weighted by molar-refractivity contribution is 0.102. The highest BCUT2D eigenvalue weighted by atomic mass is 16.1. The summed E-state index contributed by atoms with van der Waals surface area (Å²) in [5, 5.41) is 10.5. The molecule has 0 atom stereocenters. The summed E-state index contributed by atoms with van der Waals surface area (Å²) >= 11 is 0. The minimum Gasteiger partial charge on any atom is -0.356 e. The fourth-order valence-corrected chi connectivity index (χ4v) is 2.34. The van der Waals surface area contributed by atoms with E-state index in [1.54, 1.807) is 17.1 Å². The van der Waals surface area contributed by atoms with Crippen LogP contribution in [0.25, 0.3) is 0 Å². The van der Waals surface area contributed by atoms with Crippen LogP contribution in [0, 0.1) is 0 Å². The fourth-order valence-electron chi connectivity index (χ4n) is 2.34. The lowest BCUT2D eigenvalue weighted by atomic mass is 10.1. The number of aromatic nitrogens is 2. The van der Waals surface area contributed by atoms with E-state index in [1.165, 1.54) is 0 Å². The molecule has 0 unspecified atom stereocenters. The molecule has 1 aromatic heterocycles. The number of carbonyl (C=O) groups is 1. The van der Waals surface area contributed by atoms with Gasteiger partial charge in [0, 0.05) is 23.3 Å². The monoisotopic (exact) mass is 334 g/mol. The second-order valence-corrected chi connectivity index (χ2v) is 6.87. The highest BCUT2D eigenvalue weighted by Crippen LogP contribution is 2.19. The molecule has 0 fully saturated rings. The Morgan fingerprint density at radius 2 is 1.52 bits per heavy atom. The maximum absolute atomic E-state index is 12.4. The standard InChI is InChI=1S/C20H22N4O/c1-20(2,3)24-14-15(13-21-24)19(25)23-18-11-9-17(10-12-18)22-16-7-5-4-6-8-16/h4-14,22H,1-3H3,(H,23,25). The Balaban J connectivity index is 1.65. The van der Waals surface area contributed by atoms with Crippen LogP contribution in [0.1, 0.15) is 31.1 Å². The summed E-state index contributed by atoms with van der Waals surface area (Å²) in [5.41, 5.74) is 3.12. The number of hydrogen-bond acceptors (Lipinski definition) is 3. The van der Waals surface area contributed by atoms with Crippen molar-refractivity contribution in [3.05, 3.63) is 72.6 Å². The van der Waals surface area contributed by atoms with Gasteiger partial charge in [0.25, 0.3) is 5.91 Å². The molecule has 2 aromatic carbocycles. The van der Waals surface area contributed by atoms with E-state index in [-0.39, 0.29) is 11.4 Å². The van der Waals surface area contributed by atoms with Gasteiger partial charge in [-0.25, -0.2) is 0 Å². The number of amides is 1. The molecule has 0 aliphatic heterocycles. The Morgan fingerprint density at radius 1 is 0.920 bits per heavy atom. The van der Waals surface area contributed by atoms with Crippen molar-refractivity contribution in [2.24, 2.45) is 0 Å². The summed E-state index contributed by atoms with van der Waals surface area (Å²) in [6, 6.07) is 17.6. The number of benzene rings is 2. The van der Waals surface area contributed by atoms with Crippen molar-refractivity contribution in [3.63, 3.8) is 0 Å². The third kappa shape index (κ3) is 4.26. The third-order valence-electron chi connectivity index (χ3n) is 3.74. The SMILES string of the molecule is CC(C)(C)n1cc(C(=O)Nc2ccc(Nc3ccccc3)cc2)cn1. The lowest BCUT2D eigenvalue weighted by Crippen LogP contribution is -2.22. The van der Waals surface area contributed by atoms with Crippen LogP contribution in [-0.2, 0) is 5.54 Å². The van der Waals surface area contributed by atoms with Gasteiger partial charge in [-0.3, -0.25) is 9.48 Å². The van der Waals surface area contributed by atoms with Gasteiger partial charge in [0.15, 0.2) is 0 Å². The molecular formula is C20H22N4O. The van der Waals surface area contributed by atoms with Crippen LogP contribution in [-0.4, -0.2) is 15.7 Å². The molecule has 3 aromatic rings. The molecule has 1 amide bonds. The minimum atomic E-state index is -0.167. The highest BCUT2D eigenvalue weighted by Gasteiger charge is 2.16. The number of carbonyl (C=O) groups excluding carboxylic acids is 1. The number of hydrogen-bond donors (Lipinski definition) is 2. The first-order chi connectivity index (χ1) is 11.9. The summed E-state index contributed by atoms with van der Waals surface area (Å²) in [6.45, 7) is 6.13. The van der Waals surface area contributed by atoms with Crippen molar-refractivity contribution in [2.45, 2.75) is 26.3 Å². The summed E-state index contributed by atoms with van der Waals surface area (Å²) in [4.78, 5) is 12.4. The molecular weight excluding hydrogens is 312 g/mol. The zero-order valence-electron chi connectivity index (χ0n) is 14.7. The minimum absolute atomic E-state index is 0.150. The molecule has 25 heavy (non-hydrogen) atoms. The zero-order chi connectivity index (χ0) is 17.9.